The summed E-state index contributed by atoms with van der Waals surface area (Å²) in [6.45, 7) is 1.32. The van der Waals surface area contributed by atoms with E-state index in [0.717, 1.165) is 18.7 Å². The standard InChI is InChI=1S/C17H19ClN4O2S/c18-15-7-4-13(10-16(15)20-11-23)21-17(24)12-2-5-14(6-3-12)22(25)9-1-8-19/h2-7,10-11,25H,1,8-9,19H2,(H,20,23)(H,21,24). The molecule has 0 saturated carbocycles. The first-order chi connectivity index (χ1) is 12.0. The molecule has 0 radical (unpaired) electrons. The molecular formula is C17H19ClN4O2S. The van der Waals surface area contributed by atoms with Gasteiger partial charge in [-0.05, 0) is 55.4 Å². The number of nitrogens with two attached hydrogens (primary N) is 1. The van der Waals surface area contributed by atoms with Crippen molar-refractivity contribution < 1.29 is 9.59 Å². The Morgan fingerprint density at radius 1 is 1.24 bits per heavy atom. The molecule has 6 nitrogen and oxygen atoms in total. The molecule has 0 heterocycles. The maximum absolute atomic E-state index is 12.3. The molecule has 0 fully saturated rings. The van der Waals surface area contributed by atoms with Crippen molar-refractivity contribution in [2.45, 2.75) is 6.42 Å². The third-order valence-electron chi connectivity index (χ3n) is 3.44. The van der Waals surface area contributed by atoms with E-state index in [1.165, 1.54) is 0 Å². The maximum atomic E-state index is 12.3. The lowest BCUT2D eigenvalue weighted by atomic mass is 10.2. The topological polar surface area (TPSA) is 87.5 Å². The summed E-state index contributed by atoms with van der Waals surface area (Å²) in [7, 11) is 0. The van der Waals surface area contributed by atoms with Crippen molar-refractivity contribution in [3.8, 4) is 0 Å². The van der Waals surface area contributed by atoms with E-state index < -0.39 is 0 Å². The average Bonchev–Trinajstić information content (AvgIpc) is 2.62. The summed E-state index contributed by atoms with van der Waals surface area (Å²) >= 11 is 10.3. The van der Waals surface area contributed by atoms with Gasteiger partial charge in [-0.15, -0.1) is 0 Å². The van der Waals surface area contributed by atoms with Crippen molar-refractivity contribution in [3.63, 3.8) is 0 Å². The number of rotatable bonds is 8. The lowest BCUT2D eigenvalue weighted by Gasteiger charge is -2.17. The number of amides is 2. The zero-order valence-corrected chi connectivity index (χ0v) is 15.1. The van der Waals surface area contributed by atoms with Crippen LogP contribution in [0.2, 0.25) is 5.02 Å². The van der Waals surface area contributed by atoms with Crippen molar-refractivity contribution in [2.24, 2.45) is 5.73 Å². The third kappa shape index (κ3) is 5.38. The highest BCUT2D eigenvalue weighted by atomic mass is 35.5. The number of nitrogens with one attached hydrogen (secondary N) is 2. The van der Waals surface area contributed by atoms with E-state index in [0.29, 0.717) is 34.9 Å². The highest BCUT2D eigenvalue weighted by molar-refractivity contribution is 7.81. The van der Waals surface area contributed by atoms with E-state index in [9.17, 15) is 9.59 Å². The molecule has 0 unspecified atom stereocenters. The SMILES string of the molecule is NCCCN(S)c1ccc(C(=O)Nc2ccc(Cl)c(NC=O)c2)cc1. The van der Waals surface area contributed by atoms with E-state index in [4.69, 9.17) is 17.3 Å². The predicted octanol–water partition coefficient (Wildman–Crippen LogP) is 3.16. The number of hydrogen-bond donors (Lipinski definition) is 4. The monoisotopic (exact) mass is 378 g/mol. The Kier molecular flexibility index (Phi) is 7.12. The second kappa shape index (κ2) is 9.31. The summed E-state index contributed by atoms with van der Waals surface area (Å²) in [6, 6.07) is 11.9. The van der Waals surface area contributed by atoms with E-state index in [1.54, 1.807) is 34.6 Å². The lowest BCUT2D eigenvalue weighted by Crippen LogP contribution is -2.16. The molecule has 0 aliphatic carbocycles. The van der Waals surface area contributed by atoms with Crippen LogP contribution in [0.4, 0.5) is 17.1 Å². The summed E-state index contributed by atoms with van der Waals surface area (Å²) < 4.78 is 1.78. The van der Waals surface area contributed by atoms with Crippen LogP contribution in [0.1, 0.15) is 16.8 Å². The lowest BCUT2D eigenvalue weighted by molar-refractivity contribution is -0.105. The molecule has 0 saturated heterocycles. The van der Waals surface area contributed by atoms with Crippen molar-refractivity contribution in [3.05, 3.63) is 53.1 Å². The minimum absolute atomic E-state index is 0.265. The summed E-state index contributed by atoms with van der Waals surface area (Å²) in [5.74, 6) is -0.265. The van der Waals surface area contributed by atoms with Crippen molar-refractivity contribution in [1.29, 1.82) is 0 Å². The van der Waals surface area contributed by atoms with Gasteiger partial charge >= 0.3 is 0 Å². The van der Waals surface area contributed by atoms with Crippen LogP contribution in [0.25, 0.3) is 0 Å². The van der Waals surface area contributed by atoms with Gasteiger partial charge in [0.1, 0.15) is 0 Å². The zero-order chi connectivity index (χ0) is 18.2. The van der Waals surface area contributed by atoms with Crippen molar-refractivity contribution in [1.82, 2.24) is 0 Å². The van der Waals surface area contributed by atoms with Crippen LogP contribution in [0.15, 0.2) is 42.5 Å². The van der Waals surface area contributed by atoms with Gasteiger partial charge in [-0.1, -0.05) is 24.4 Å². The Labute approximate surface area is 156 Å². The fraction of sp³-hybridized carbons (Fsp3) is 0.176. The molecule has 8 heteroatoms. The summed E-state index contributed by atoms with van der Waals surface area (Å²) in [5.41, 5.74) is 7.83. The molecule has 0 aromatic heterocycles. The Bertz CT molecular complexity index is 740. The number of carbonyl (C=O) groups excluding carboxylic acids is 2. The van der Waals surface area contributed by atoms with Crippen LogP contribution in [-0.2, 0) is 4.79 Å². The van der Waals surface area contributed by atoms with Gasteiger partial charge in [-0.2, -0.15) is 0 Å². The van der Waals surface area contributed by atoms with E-state index >= 15 is 0 Å². The molecule has 0 spiro atoms. The number of anilines is 3. The van der Waals surface area contributed by atoms with Gasteiger partial charge < -0.3 is 20.7 Å². The molecule has 0 atom stereocenters. The zero-order valence-electron chi connectivity index (χ0n) is 13.4. The maximum Gasteiger partial charge on any atom is 0.255 e. The fourth-order valence-electron chi connectivity index (χ4n) is 2.14. The molecule has 2 aromatic carbocycles. The molecular weight excluding hydrogens is 360 g/mol. The normalized spacial score (nSPS) is 10.2. The molecule has 132 valence electrons. The van der Waals surface area contributed by atoms with Gasteiger partial charge in [0.15, 0.2) is 0 Å². The number of nitrogens with zero attached hydrogens (tertiary/aromatic N) is 1. The van der Waals surface area contributed by atoms with Crippen molar-refractivity contribution >= 4 is 53.8 Å². The highest BCUT2D eigenvalue weighted by Crippen LogP contribution is 2.25. The first-order valence-electron chi connectivity index (χ1n) is 7.62. The van der Waals surface area contributed by atoms with Gasteiger partial charge in [-0.25, -0.2) is 0 Å². The third-order valence-corrected chi connectivity index (χ3v) is 4.20. The Morgan fingerprint density at radius 3 is 2.60 bits per heavy atom. The summed E-state index contributed by atoms with van der Waals surface area (Å²) in [4.78, 5) is 22.9. The van der Waals surface area contributed by atoms with Crippen LogP contribution >= 0.6 is 24.4 Å². The Hall–Kier alpha value is -2.22. The largest absolute Gasteiger partial charge is 0.330 e. The minimum Gasteiger partial charge on any atom is -0.330 e. The molecule has 25 heavy (non-hydrogen) atoms. The van der Waals surface area contributed by atoms with Crippen LogP contribution in [-0.4, -0.2) is 25.4 Å². The van der Waals surface area contributed by atoms with Gasteiger partial charge in [0.25, 0.3) is 5.91 Å². The second-order valence-corrected chi connectivity index (χ2v) is 6.11. The number of benzene rings is 2. The van der Waals surface area contributed by atoms with Crippen LogP contribution in [0.5, 0.6) is 0 Å². The van der Waals surface area contributed by atoms with E-state index in [1.807, 2.05) is 12.1 Å². The van der Waals surface area contributed by atoms with Crippen LogP contribution < -0.4 is 20.7 Å². The molecule has 2 aromatic rings. The highest BCUT2D eigenvalue weighted by Gasteiger charge is 2.09. The molecule has 2 rings (SSSR count). The quantitative estimate of drug-likeness (QED) is 0.419. The number of thiol groups is 1. The van der Waals surface area contributed by atoms with Gasteiger partial charge in [0, 0.05) is 23.5 Å². The predicted molar refractivity (Wildman–Crippen MR) is 106 cm³/mol. The van der Waals surface area contributed by atoms with Crippen LogP contribution in [0, 0.1) is 0 Å². The molecule has 2 amide bonds. The second-order valence-electron chi connectivity index (χ2n) is 5.22. The number of carbonyl (C=O) groups is 2. The summed E-state index contributed by atoms with van der Waals surface area (Å²) in [6.07, 6.45) is 1.36. The molecule has 0 bridgehead atoms. The van der Waals surface area contributed by atoms with Gasteiger partial charge in [0.2, 0.25) is 6.41 Å². The minimum atomic E-state index is -0.265. The Morgan fingerprint density at radius 2 is 1.96 bits per heavy atom. The van der Waals surface area contributed by atoms with E-state index in [-0.39, 0.29) is 5.91 Å². The van der Waals surface area contributed by atoms with E-state index in [2.05, 4.69) is 23.4 Å². The van der Waals surface area contributed by atoms with Crippen LogP contribution in [0.3, 0.4) is 0 Å². The molecule has 0 aliphatic rings. The van der Waals surface area contributed by atoms with Crippen molar-refractivity contribution in [2.75, 3.05) is 28.0 Å². The first-order valence-corrected chi connectivity index (χ1v) is 8.40. The first kappa shape index (κ1) is 19.1. The Balaban J connectivity index is 2.06. The average molecular weight is 379 g/mol. The van der Waals surface area contributed by atoms with Gasteiger partial charge in [0.05, 0.1) is 10.7 Å². The summed E-state index contributed by atoms with van der Waals surface area (Å²) in [5, 5.41) is 5.63. The number of hydrogen-bond acceptors (Lipinski definition) is 5. The molecule has 4 N–H and O–H groups in total. The van der Waals surface area contributed by atoms with Gasteiger partial charge in [-0.3, -0.25) is 9.59 Å². The smallest absolute Gasteiger partial charge is 0.255 e. The fourth-order valence-corrected chi connectivity index (χ4v) is 2.58. The molecule has 0 aliphatic heterocycles. The number of halogens is 1.